The molecule has 0 radical (unpaired) electrons. The van der Waals surface area contributed by atoms with Crippen LogP contribution in [0.3, 0.4) is 0 Å². The molecule has 0 aromatic heterocycles. The van der Waals surface area contributed by atoms with E-state index in [1.54, 1.807) is 0 Å². The number of carbonyl (C=O) groups is 3. The minimum Gasteiger partial charge on any atom is -0.480 e. The van der Waals surface area contributed by atoms with Crippen molar-refractivity contribution in [2.45, 2.75) is 180 Å². The second-order valence-electron chi connectivity index (χ2n) is 12.8. The Morgan fingerprint density at radius 1 is 0.562 bits per heavy atom. The summed E-state index contributed by atoms with van der Waals surface area (Å²) in [6, 6.07) is 0. The fourth-order valence-electron chi connectivity index (χ4n) is 5.37. The molecule has 48 heavy (non-hydrogen) atoms. The second kappa shape index (κ2) is 36.9. The Morgan fingerprint density at radius 3 is 1.52 bits per heavy atom. The number of hydrogen-bond donors (Lipinski definition) is 2. The summed E-state index contributed by atoms with van der Waals surface area (Å²) < 4.78 is 5.97. The quantitative estimate of drug-likeness (QED) is 0.0404. The van der Waals surface area contributed by atoms with Crippen molar-refractivity contribution in [1.82, 2.24) is 5.32 Å². The lowest BCUT2D eigenvalue weighted by molar-refractivity contribution is -0.150. The molecule has 6 heteroatoms. The van der Waals surface area contributed by atoms with Crippen LogP contribution in [-0.2, 0) is 19.1 Å². The molecule has 0 saturated heterocycles. The van der Waals surface area contributed by atoms with Gasteiger partial charge in [-0.25, -0.2) is 0 Å². The maximum Gasteiger partial charge on any atom is 0.322 e. The number of nitrogens with one attached hydrogen (secondary N) is 1. The highest BCUT2D eigenvalue weighted by Crippen LogP contribution is 2.18. The molecule has 2 N–H and O–H groups in total. The lowest BCUT2D eigenvalue weighted by Gasteiger charge is -2.18. The van der Waals surface area contributed by atoms with E-state index in [0.29, 0.717) is 12.8 Å². The Morgan fingerprint density at radius 2 is 1.02 bits per heavy atom. The molecule has 274 valence electrons. The van der Waals surface area contributed by atoms with Crippen molar-refractivity contribution >= 4 is 17.8 Å². The summed E-state index contributed by atoms with van der Waals surface area (Å²) in [6.45, 7) is 4.09. The summed E-state index contributed by atoms with van der Waals surface area (Å²) in [6.07, 6.45) is 47.7. The Hall–Kier alpha value is -2.89. The van der Waals surface area contributed by atoms with Gasteiger partial charge in [-0.3, -0.25) is 14.4 Å². The van der Waals surface area contributed by atoms with Gasteiger partial charge in [0.2, 0.25) is 5.91 Å². The van der Waals surface area contributed by atoms with E-state index in [2.05, 4.69) is 79.9 Å². The Labute approximate surface area is 294 Å². The van der Waals surface area contributed by atoms with Crippen LogP contribution in [0.15, 0.2) is 60.8 Å². The van der Waals surface area contributed by atoms with Crippen LogP contribution in [0.1, 0.15) is 174 Å². The zero-order chi connectivity index (χ0) is 35.2. The van der Waals surface area contributed by atoms with Crippen molar-refractivity contribution in [2.24, 2.45) is 0 Å². The molecule has 1 amide bonds. The van der Waals surface area contributed by atoms with E-state index >= 15 is 0 Å². The summed E-state index contributed by atoms with van der Waals surface area (Å²) >= 11 is 0. The van der Waals surface area contributed by atoms with Crippen molar-refractivity contribution in [2.75, 3.05) is 6.54 Å². The van der Waals surface area contributed by atoms with Gasteiger partial charge in [-0.1, -0.05) is 145 Å². The van der Waals surface area contributed by atoms with Gasteiger partial charge in [-0.05, 0) is 77.0 Å². The van der Waals surface area contributed by atoms with Crippen LogP contribution in [0.4, 0.5) is 0 Å². The Kier molecular flexibility index (Phi) is 34.7. The maximum absolute atomic E-state index is 12.7. The summed E-state index contributed by atoms with van der Waals surface area (Å²) in [5.74, 6) is -1.30. The molecule has 0 aromatic rings. The molecule has 0 fully saturated rings. The molecule has 0 rings (SSSR count). The van der Waals surface area contributed by atoms with Gasteiger partial charge in [-0.15, -0.1) is 0 Å². The largest absolute Gasteiger partial charge is 0.480 e. The molecular formula is C42H71NO5. The fraction of sp³-hybridized carbons (Fsp3) is 0.690. The number of carbonyl (C=O) groups excluding carboxylic acids is 2. The van der Waals surface area contributed by atoms with Crippen molar-refractivity contribution < 1.29 is 24.2 Å². The van der Waals surface area contributed by atoms with E-state index in [1.807, 2.05) is 0 Å². The van der Waals surface area contributed by atoms with Crippen LogP contribution in [0.5, 0.6) is 0 Å². The number of carboxylic acid groups (broad SMARTS) is 1. The van der Waals surface area contributed by atoms with Gasteiger partial charge in [0.25, 0.3) is 0 Å². The van der Waals surface area contributed by atoms with Gasteiger partial charge >= 0.3 is 11.9 Å². The standard InChI is InChI=1S/C42H71NO5/c1-3-5-7-9-11-13-14-15-16-17-18-19-20-22-24-29-33-37-42(47)48-39(34-30-26-23-21-12-10-8-6-4-2)35-31-27-25-28-32-36-40(44)43-38-41(45)46/h5,7,11,13,15-16,18-19,22,24,39H,3-4,6,8-10,12,14,17,20-21,23,25-38H2,1-2H3,(H,43,44)(H,45,46)/b7-5-,13-11-,16-15-,19-18-,24-22-. The predicted octanol–water partition coefficient (Wildman–Crippen LogP) is 11.7. The van der Waals surface area contributed by atoms with Crippen molar-refractivity contribution in [3.63, 3.8) is 0 Å². The number of allylic oxidation sites excluding steroid dienone is 10. The highest BCUT2D eigenvalue weighted by atomic mass is 16.5. The van der Waals surface area contributed by atoms with Crippen LogP contribution >= 0.6 is 0 Å². The Balaban J connectivity index is 4.25. The first-order chi connectivity index (χ1) is 23.5. The van der Waals surface area contributed by atoms with Gasteiger partial charge in [0.05, 0.1) is 0 Å². The van der Waals surface area contributed by atoms with Crippen LogP contribution in [0, 0.1) is 0 Å². The van der Waals surface area contributed by atoms with E-state index in [-0.39, 0.29) is 24.5 Å². The zero-order valence-electron chi connectivity index (χ0n) is 30.8. The van der Waals surface area contributed by atoms with Crippen LogP contribution in [0.25, 0.3) is 0 Å². The van der Waals surface area contributed by atoms with E-state index in [1.165, 1.54) is 51.4 Å². The molecule has 0 bridgehead atoms. The molecule has 1 atom stereocenters. The molecule has 0 aliphatic carbocycles. The van der Waals surface area contributed by atoms with Gasteiger partial charge in [0.1, 0.15) is 12.6 Å². The minimum absolute atomic E-state index is 0.00227. The predicted molar refractivity (Wildman–Crippen MR) is 203 cm³/mol. The third kappa shape index (κ3) is 36.0. The van der Waals surface area contributed by atoms with E-state index < -0.39 is 5.97 Å². The van der Waals surface area contributed by atoms with E-state index in [4.69, 9.17) is 9.84 Å². The third-order valence-corrected chi connectivity index (χ3v) is 8.20. The third-order valence-electron chi connectivity index (χ3n) is 8.20. The summed E-state index contributed by atoms with van der Waals surface area (Å²) in [5.41, 5.74) is 0. The molecule has 0 spiro atoms. The molecular weight excluding hydrogens is 598 g/mol. The number of aliphatic carboxylic acids is 1. The van der Waals surface area contributed by atoms with E-state index in [9.17, 15) is 14.4 Å². The fourth-order valence-corrected chi connectivity index (χ4v) is 5.37. The molecule has 6 nitrogen and oxygen atoms in total. The average molecular weight is 670 g/mol. The van der Waals surface area contributed by atoms with Crippen molar-refractivity contribution in [3.8, 4) is 0 Å². The van der Waals surface area contributed by atoms with Crippen molar-refractivity contribution in [3.05, 3.63) is 60.8 Å². The van der Waals surface area contributed by atoms with Crippen LogP contribution < -0.4 is 5.32 Å². The van der Waals surface area contributed by atoms with Crippen LogP contribution in [0.2, 0.25) is 0 Å². The smallest absolute Gasteiger partial charge is 0.322 e. The SMILES string of the molecule is CC/C=C\C/C=C\C/C=C\C/C=C\C/C=C\CCCC(=O)OC(CCCCCCCCCCC)CCCCCCCC(=O)NCC(=O)O. The van der Waals surface area contributed by atoms with Crippen LogP contribution in [-0.4, -0.2) is 35.6 Å². The highest BCUT2D eigenvalue weighted by Gasteiger charge is 2.14. The summed E-state index contributed by atoms with van der Waals surface area (Å²) in [7, 11) is 0. The van der Waals surface area contributed by atoms with Gasteiger partial charge in [0.15, 0.2) is 0 Å². The number of ether oxygens (including phenoxy) is 1. The van der Waals surface area contributed by atoms with Gasteiger partial charge in [0, 0.05) is 12.8 Å². The van der Waals surface area contributed by atoms with E-state index in [0.717, 1.165) is 96.3 Å². The number of unbranched alkanes of at least 4 members (excludes halogenated alkanes) is 13. The molecule has 0 saturated carbocycles. The zero-order valence-corrected chi connectivity index (χ0v) is 30.8. The monoisotopic (exact) mass is 670 g/mol. The molecule has 0 aromatic carbocycles. The normalized spacial score (nSPS) is 12.7. The molecule has 0 heterocycles. The number of amides is 1. The average Bonchev–Trinajstić information content (AvgIpc) is 3.07. The van der Waals surface area contributed by atoms with Crippen molar-refractivity contribution in [1.29, 1.82) is 0 Å². The topological polar surface area (TPSA) is 92.7 Å². The number of esters is 1. The lowest BCUT2D eigenvalue weighted by atomic mass is 10.0. The first-order valence-corrected chi connectivity index (χ1v) is 19.4. The van der Waals surface area contributed by atoms with Gasteiger partial charge in [-0.2, -0.15) is 0 Å². The summed E-state index contributed by atoms with van der Waals surface area (Å²) in [5, 5.41) is 11.1. The van der Waals surface area contributed by atoms with Gasteiger partial charge < -0.3 is 15.2 Å². The first-order valence-electron chi connectivity index (χ1n) is 19.4. The Bertz CT molecular complexity index is 917. The first kappa shape index (κ1) is 45.1. The number of carboxylic acids is 1. The minimum atomic E-state index is -1.02. The number of rotatable bonds is 34. The molecule has 0 aliphatic rings. The second-order valence-corrected chi connectivity index (χ2v) is 12.8. The lowest BCUT2D eigenvalue weighted by Crippen LogP contribution is -2.28. The number of hydrogen-bond acceptors (Lipinski definition) is 4. The molecule has 1 unspecified atom stereocenters. The molecule has 0 aliphatic heterocycles. The summed E-state index contributed by atoms with van der Waals surface area (Å²) in [4.78, 5) is 34.9. The maximum atomic E-state index is 12.7. The highest BCUT2D eigenvalue weighted by molar-refractivity contribution is 5.80.